The molecule has 106 valence electrons. The monoisotopic (exact) mass is 274 g/mol. The minimum atomic E-state index is -4.56. The van der Waals surface area contributed by atoms with Crippen LogP contribution in [0.5, 0.6) is 0 Å². The number of alkyl halides is 3. The van der Waals surface area contributed by atoms with E-state index in [1.165, 1.54) is 11.0 Å². The highest BCUT2D eigenvalue weighted by Crippen LogP contribution is 2.34. The lowest BCUT2D eigenvalue weighted by molar-refractivity contribution is -0.136. The molecule has 0 spiro atoms. The smallest absolute Gasteiger partial charge is 0.398 e. The fourth-order valence-electron chi connectivity index (χ4n) is 1.84. The van der Waals surface area contributed by atoms with E-state index in [1.54, 1.807) is 6.92 Å². The highest BCUT2D eigenvalue weighted by molar-refractivity contribution is 5.95. The van der Waals surface area contributed by atoms with E-state index in [0.29, 0.717) is 6.54 Å². The van der Waals surface area contributed by atoms with Gasteiger partial charge in [-0.1, -0.05) is 0 Å². The number of nitrogen functional groups attached to an aromatic ring is 1. The number of benzene rings is 1. The molecule has 1 aromatic rings. The Bertz CT molecular complexity index is 469. The van der Waals surface area contributed by atoms with E-state index in [1.807, 2.05) is 13.8 Å². The number of amides is 1. The number of carbonyl (C=O) groups is 1. The molecule has 19 heavy (non-hydrogen) atoms. The maximum Gasteiger partial charge on any atom is 0.418 e. The lowest BCUT2D eigenvalue weighted by Gasteiger charge is -2.25. The summed E-state index contributed by atoms with van der Waals surface area (Å²) in [6.45, 7) is 5.83. The molecule has 0 atom stereocenters. The molecular weight excluding hydrogens is 257 g/mol. The van der Waals surface area contributed by atoms with Gasteiger partial charge in [-0.05, 0) is 39.0 Å². The summed E-state index contributed by atoms with van der Waals surface area (Å²) in [5, 5.41) is 0. The number of nitrogens with zero attached hydrogens (tertiary/aromatic N) is 1. The van der Waals surface area contributed by atoms with Crippen LogP contribution in [-0.4, -0.2) is 23.4 Å². The van der Waals surface area contributed by atoms with Gasteiger partial charge < -0.3 is 10.6 Å². The van der Waals surface area contributed by atoms with Crippen molar-refractivity contribution in [1.82, 2.24) is 4.90 Å². The van der Waals surface area contributed by atoms with Gasteiger partial charge in [0.15, 0.2) is 0 Å². The molecule has 6 heteroatoms. The van der Waals surface area contributed by atoms with Crippen LogP contribution in [0.25, 0.3) is 0 Å². The predicted octanol–water partition coefficient (Wildman–Crippen LogP) is 3.16. The molecule has 1 rings (SSSR count). The lowest BCUT2D eigenvalue weighted by atomic mass is 10.1. The Morgan fingerprint density at radius 1 is 1.37 bits per heavy atom. The number of nitrogens with two attached hydrogens (primary N) is 1. The molecule has 0 heterocycles. The quantitative estimate of drug-likeness (QED) is 0.861. The zero-order valence-corrected chi connectivity index (χ0v) is 11.1. The van der Waals surface area contributed by atoms with Gasteiger partial charge in [-0.2, -0.15) is 13.2 Å². The second-order valence-corrected chi connectivity index (χ2v) is 4.48. The average molecular weight is 274 g/mol. The van der Waals surface area contributed by atoms with Crippen LogP contribution >= 0.6 is 0 Å². The molecular formula is C13H17F3N2O. The Kier molecular flexibility index (Phi) is 4.44. The number of rotatable bonds is 3. The SMILES string of the molecule is CCN(C(=O)c1ccc(N)c(C(F)(F)F)c1)C(C)C. The van der Waals surface area contributed by atoms with E-state index in [4.69, 9.17) is 5.73 Å². The molecule has 0 aromatic heterocycles. The molecule has 0 aliphatic carbocycles. The summed E-state index contributed by atoms with van der Waals surface area (Å²) >= 11 is 0. The maximum atomic E-state index is 12.7. The third-order valence-corrected chi connectivity index (χ3v) is 2.83. The van der Waals surface area contributed by atoms with Crippen molar-refractivity contribution in [3.8, 4) is 0 Å². The minimum Gasteiger partial charge on any atom is -0.398 e. The minimum absolute atomic E-state index is 0.00271. The Labute approximate surface area is 110 Å². The lowest BCUT2D eigenvalue weighted by Crippen LogP contribution is -2.36. The van der Waals surface area contributed by atoms with Gasteiger partial charge in [-0.3, -0.25) is 4.79 Å². The highest BCUT2D eigenvalue weighted by atomic mass is 19.4. The predicted molar refractivity (Wildman–Crippen MR) is 67.7 cm³/mol. The van der Waals surface area contributed by atoms with E-state index < -0.39 is 17.6 Å². The van der Waals surface area contributed by atoms with Crippen molar-refractivity contribution in [2.24, 2.45) is 0 Å². The molecule has 0 fully saturated rings. The first-order valence-electron chi connectivity index (χ1n) is 5.96. The van der Waals surface area contributed by atoms with Crippen molar-refractivity contribution < 1.29 is 18.0 Å². The molecule has 2 N–H and O–H groups in total. The molecule has 0 radical (unpaired) electrons. The van der Waals surface area contributed by atoms with Gasteiger partial charge >= 0.3 is 6.18 Å². The Morgan fingerprint density at radius 2 is 1.95 bits per heavy atom. The number of halogens is 3. The third-order valence-electron chi connectivity index (χ3n) is 2.83. The first-order chi connectivity index (χ1) is 8.68. The van der Waals surface area contributed by atoms with E-state index in [-0.39, 0.29) is 17.3 Å². The molecule has 0 aliphatic heterocycles. The summed E-state index contributed by atoms with van der Waals surface area (Å²) in [6, 6.07) is 3.16. The molecule has 3 nitrogen and oxygen atoms in total. The number of hydrogen-bond acceptors (Lipinski definition) is 2. The van der Waals surface area contributed by atoms with Crippen LogP contribution in [0.2, 0.25) is 0 Å². The van der Waals surface area contributed by atoms with Crippen molar-refractivity contribution in [1.29, 1.82) is 0 Å². The normalized spacial score (nSPS) is 11.7. The average Bonchev–Trinajstić information content (AvgIpc) is 2.28. The summed E-state index contributed by atoms with van der Waals surface area (Å²) in [4.78, 5) is 13.6. The Morgan fingerprint density at radius 3 is 2.37 bits per heavy atom. The van der Waals surface area contributed by atoms with Gasteiger partial charge in [-0.25, -0.2) is 0 Å². The zero-order valence-electron chi connectivity index (χ0n) is 11.1. The Hall–Kier alpha value is -1.72. The molecule has 0 saturated carbocycles. The van der Waals surface area contributed by atoms with Crippen LogP contribution in [-0.2, 0) is 6.18 Å². The fourth-order valence-corrected chi connectivity index (χ4v) is 1.84. The van der Waals surface area contributed by atoms with Crippen LogP contribution in [0.3, 0.4) is 0 Å². The van der Waals surface area contributed by atoms with E-state index in [0.717, 1.165) is 12.1 Å². The zero-order chi connectivity index (χ0) is 14.8. The van der Waals surface area contributed by atoms with Crippen LogP contribution in [0, 0.1) is 0 Å². The number of carbonyl (C=O) groups excluding carboxylic acids is 1. The highest BCUT2D eigenvalue weighted by Gasteiger charge is 2.34. The van der Waals surface area contributed by atoms with Gasteiger partial charge in [0.2, 0.25) is 0 Å². The standard InChI is InChI=1S/C13H17F3N2O/c1-4-18(8(2)3)12(19)9-5-6-11(17)10(7-9)13(14,15)16/h5-8H,4,17H2,1-3H3. The summed E-state index contributed by atoms with van der Waals surface area (Å²) in [7, 11) is 0. The van der Waals surface area contributed by atoms with Gasteiger partial charge in [-0.15, -0.1) is 0 Å². The summed E-state index contributed by atoms with van der Waals surface area (Å²) < 4.78 is 38.2. The number of anilines is 1. The second-order valence-electron chi connectivity index (χ2n) is 4.48. The molecule has 1 aromatic carbocycles. The van der Waals surface area contributed by atoms with E-state index in [9.17, 15) is 18.0 Å². The maximum absolute atomic E-state index is 12.7. The largest absolute Gasteiger partial charge is 0.418 e. The van der Waals surface area contributed by atoms with Crippen molar-refractivity contribution in [3.05, 3.63) is 29.3 Å². The van der Waals surface area contributed by atoms with Gasteiger partial charge in [0.05, 0.1) is 5.56 Å². The van der Waals surface area contributed by atoms with Gasteiger partial charge in [0.1, 0.15) is 0 Å². The van der Waals surface area contributed by atoms with E-state index >= 15 is 0 Å². The van der Waals surface area contributed by atoms with Crippen molar-refractivity contribution in [3.63, 3.8) is 0 Å². The van der Waals surface area contributed by atoms with Crippen LogP contribution in [0.4, 0.5) is 18.9 Å². The third kappa shape index (κ3) is 3.39. The summed E-state index contributed by atoms with van der Waals surface area (Å²) in [6.07, 6.45) is -4.56. The molecule has 0 bridgehead atoms. The van der Waals surface area contributed by atoms with E-state index in [2.05, 4.69) is 0 Å². The van der Waals surface area contributed by atoms with Crippen molar-refractivity contribution in [2.45, 2.75) is 33.0 Å². The summed E-state index contributed by atoms with van der Waals surface area (Å²) in [5.74, 6) is -0.428. The first kappa shape index (κ1) is 15.3. The van der Waals surface area contributed by atoms with Crippen LogP contribution in [0.15, 0.2) is 18.2 Å². The molecule has 1 amide bonds. The van der Waals surface area contributed by atoms with Crippen molar-refractivity contribution >= 4 is 11.6 Å². The second kappa shape index (κ2) is 5.50. The molecule has 0 saturated heterocycles. The molecule has 0 unspecified atom stereocenters. The summed E-state index contributed by atoms with van der Waals surface area (Å²) in [5.41, 5.74) is 3.94. The van der Waals surface area contributed by atoms with Gasteiger partial charge in [0, 0.05) is 23.8 Å². The van der Waals surface area contributed by atoms with Crippen LogP contribution in [0.1, 0.15) is 36.7 Å². The number of hydrogen-bond donors (Lipinski definition) is 1. The topological polar surface area (TPSA) is 46.3 Å². The van der Waals surface area contributed by atoms with Crippen molar-refractivity contribution in [2.75, 3.05) is 12.3 Å². The van der Waals surface area contributed by atoms with Gasteiger partial charge in [0.25, 0.3) is 5.91 Å². The fraction of sp³-hybridized carbons (Fsp3) is 0.462. The molecule has 0 aliphatic rings. The van der Waals surface area contributed by atoms with Crippen LogP contribution < -0.4 is 5.73 Å². The first-order valence-corrected chi connectivity index (χ1v) is 5.96. The Balaban J connectivity index is 3.19.